The summed E-state index contributed by atoms with van der Waals surface area (Å²) >= 11 is 1.15. The van der Waals surface area contributed by atoms with Gasteiger partial charge < -0.3 is 9.47 Å². The SMILES string of the molecule is CCOCCCOc1nsnc1-c1cccnc1. The lowest BCUT2D eigenvalue weighted by atomic mass is 10.2. The van der Waals surface area contributed by atoms with E-state index in [1.807, 2.05) is 19.1 Å². The second-order valence-electron chi connectivity index (χ2n) is 3.56. The van der Waals surface area contributed by atoms with Gasteiger partial charge in [0.2, 0.25) is 0 Å². The lowest BCUT2D eigenvalue weighted by molar-refractivity contribution is 0.130. The molecule has 0 saturated heterocycles. The maximum absolute atomic E-state index is 5.61. The average molecular weight is 265 g/mol. The molecule has 0 aliphatic heterocycles. The zero-order valence-corrected chi connectivity index (χ0v) is 11.0. The van der Waals surface area contributed by atoms with Crippen molar-refractivity contribution in [1.29, 1.82) is 0 Å². The zero-order chi connectivity index (χ0) is 12.6. The van der Waals surface area contributed by atoms with Crippen molar-refractivity contribution >= 4 is 11.7 Å². The van der Waals surface area contributed by atoms with Crippen molar-refractivity contribution in [3.63, 3.8) is 0 Å². The Hall–Kier alpha value is -1.53. The van der Waals surface area contributed by atoms with E-state index >= 15 is 0 Å². The smallest absolute Gasteiger partial charge is 0.254 e. The molecular weight excluding hydrogens is 250 g/mol. The summed E-state index contributed by atoms with van der Waals surface area (Å²) in [4.78, 5) is 4.06. The van der Waals surface area contributed by atoms with E-state index in [1.54, 1.807) is 12.4 Å². The molecule has 5 nitrogen and oxygen atoms in total. The van der Waals surface area contributed by atoms with Crippen molar-refractivity contribution in [2.75, 3.05) is 19.8 Å². The van der Waals surface area contributed by atoms with Crippen LogP contribution in [0, 0.1) is 0 Å². The van der Waals surface area contributed by atoms with E-state index in [0.29, 0.717) is 19.1 Å². The van der Waals surface area contributed by atoms with E-state index in [0.717, 1.165) is 36.0 Å². The number of ether oxygens (including phenoxy) is 2. The van der Waals surface area contributed by atoms with Crippen LogP contribution in [0.3, 0.4) is 0 Å². The highest BCUT2D eigenvalue weighted by Crippen LogP contribution is 2.26. The van der Waals surface area contributed by atoms with E-state index in [-0.39, 0.29) is 0 Å². The van der Waals surface area contributed by atoms with E-state index in [4.69, 9.17) is 9.47 Å². The normalized spacial score (nSPS) is 10.5. The molecule has 2 aromatic rings. The Morgan fingerprint density at radius 2 is 2.22 bits per heavy atom. The minimum atomic E-state index is 0.574. The highest BCUT2D eigenvalue weighted by atomic mass is 32.1. The number of hydrogen-bond acceptors (Lipinski definition) is 6. The summed E-state index contributed by atoms with van der Waals surface area (Å²) in [5.74, 6) is 0.574. The van der Waals surface area contributed by atoms with Crippen LogP contribution < -0.4 is 4.74 Å². The monoisotopic (exact) mass is 265 g/mol. The van der Waals surface area contributed by atoms with Crippen LogP contribution in [-0.4, -0.2) is 33.6 Å². The van der Waals surface area contributed by atoms with Gasteiger partial charge in [0.25, 0.3) is 5.88 Å². The first kappa shape index (κ1) is 12.9. The molecule has 0 aliphatic rings. The van der Waals surface area contributed by atoms with Crippen LogP contribution in [0.2, 0.25) is 0 Å². The summed E-state index contributed by atoms with van der Waals surface area (Å²) in [5, 5.41) is 0. The fourth-order valence-electron chi connectivity index (χ4n) is 1.43. The van der Waals surface area contributed by atoms with E-state index < -0.39 is 0 Å². The van der Waals surface area contributed by atoms with Gasteiger partial charge in [-0.25, -0.2) is 0 Å². The first-order chi connectivity index (χ1) is 8.92. The molecule has 0 unspecified atom stereocenters. The summed E-state index contributed by atoms with van der Waals surface area (Å²) in [6.45, 7) is 4.00. The van der Waals surface area contributed by atoms with Gasteiger partial charge >= 0.3 is 0 Å². The van der Waals surface area contributed by atoms with Crippen molar-refractivity contribution < 1.29 is 9.47 Å². The Morgan fingerprint density at radius 1 is 1.28 bits per heavy atom. The van der Waals surface area contributed by atoms with Gasteiger partial charge in [0.05, 0.1) is 18.3 Å². The lowest BCUT2D eigenvalue weighted by Crippen LogP contribution is -2.03. The molecule has 2 rings (SSSR count). The highest BCUT2D eigenvalue weighted by molar-refractivity contribution is 6.99. The Balaban J connectivity index is 1.92. The van der Waals surface area contributed by atoms with Gasteiger partial charge in [-0.15, -0.1) is 4.37 Å². The van der Waals surface area contributed by atoms with Crippen LogP contribution in [0.1, 0.15) is 13.3 Å². The van der Waals surface area contributed by atoms with Gasteiger partial charge in [0.1, 0.15) is 5.69 Å². The molecule has 0 amide bonds. The summed E-state index contributed by atoms with van der Waals surface area (Å²) in [6, 6.07) is 3.81. The Morgan fingerprint density at radius 3 is 3.00 bits per heavy atom. The molecule has 0 aliphatic carbocycles. The molecule has 6 heteroatoms. The third-order valence-corrected chi connectivity index (χ3v) is 2.78. The van der Waals surface area contributed by atoms with Crippen LogP contribution in [0.25, 0.3) is 11.3 Å². The predicted octanol–water partition coefficient (Wildman–Crippen LogP) is 2.41. The van der Waals surface area contributed by atoms with Gasteiger partial charge in [-0.05, 0) is 19.1 Å². The van der Waals surface area contributed by atoms with Gasteiger partial charge in [0, 0.05) is 37.6 Å². The van der Waals surface area contributed by atoms with Gasteiger partial charge in [0.15, 0.2) is 0 Å². The van der Waals surface area contributed by atoms with Crippen molar-refractivity contribution in [2.24, 2.45) is 0 Å². The van der Waals surface area contributed by atoms with E-state index in [1.165, 1.54) is 0 Å². The van der Waals surface area contributed by atoms with E-state index in [9.17, 15) is 0 Å². The van der Waals surface area contributed by atoms with Crippen molar-refractivity contribution in [3.8, 4) is 17.1 Å². The highest BCUT2D eigenvalue weighted by Gasteiger charge is 2.11. The molecule has 0 N–H and O–H groups in total. The molecule has 0 radical (unpaired) electrons. The van der Waals surface area contributed by atoms with Crippen LogP contribution in [0.15, 0.2) is 24.5 Å². The topological polar surface area (TPSA) is 57.1 Å². The summed E-state index contributed by atoms with van der Waals surface area (Å²) in [6.07, 6.45) is 4.33. The van der Waals surface area contributed by atoms with Gasteiger partial charge in [-0.3, -0.25) is 4.98 Å². The van der Waals surface area contributed by atoms with Crippen LogP contribution >= 0.6 is 11.7 Å². The molecule has 0 spiro atoms. The minimum Gasteiger partial charge on any atom is -0.475 e. The number of hydrogen-bond donors (Lipinski definition) is 0. The van der Waals surface area contributed by atoms with Crippen LogP contribution in [0.4, 0.5) is 0 Å². The molecule has 96 valence electrons. The number of nitrogens with zero attached hydrogens (tertiary/aromatic N) is 3. The van der Waals surface area contributed by atoms with Gasteiger partial charge in [-0.1, -0.05) is 0 Å². The molecule has 18 heavy (non-hydrogen) atoms. The maximum atomic E-state index is 5.61. The lowest BCUT2D eigenvalue weighted by Gasteiger charge is -2.04. The first-order valence-electron chi connectivity index (χ1n) is 5.85. The minimum absolute atomic E-state index is 0.574. The second-order valence-corrected chi connectivity index (χ2v) is 4.09. The third kappa shape index (κ3) is 3.48. The van der Waals surface area contributed by atoms with Gasteiger partial charge in [-0.2, -0.15) is 4.37 Å². The molecule has 0 saturated carbocycles. The van der Waals surface area contributed by atoms with Crippen molar-refractivity contribution in [2.45, 2.75) is 13.3 Å². The molecule has 0 atom stereocenters. The third-order valence-electron chi connectivity index (χ3n) is 2.27. The molecular formula is C12H15N3O2S. The zero-order valence-electron chi connectivity index (χ0n) is 10.2. The summed E-state index contributed by atoms with van der Waals surface area (Å²) in [5.41, 5.74) is 1.68. The molecule has 2 aromatic heterocycles. The first-order valence-corrected chi connectivity index (χ1v) is 6.58. The maximum Gasteiger partial charge on any atom is 0.254 e. The van der Waals surface area contributed by atoms with Crippen molar-refractivity contribution in [3.05, 3.63) is 24.5 Å². The summed E-state index contributed by atoms with van der Waals surface area (Å²) < 4.78 is 19.2. The standard InChI is InChI=1S/C12H15N3O2S/c1-2-16-7-4-8-17-12-11(14-18-15-12)10-5-3-6-13-9-10/h3,5-6,9H,2,4,7-8H2,1H3. The average Bonchev–Trinajstić information content (AvgIpc) is 2.88. The van der Waals surface area contributed by atoms with Crippen molar-refractivity contribution in [1.82, 2.24) is 13.7 Å². The number of aromatic nitrogens is 3. The van der Waals surface area contributed by atoms with E-state index in [2.05, 4.69) is 13.7 Å². The fraction of sp³-hybridized carbons (Fsp3) is 0.417. The number of rotatable bonds is 7. The number of pyridine rings is 1. The molecule has 0 fully saturated rings. The molecule has 2 heterocycles. The summed E-state index contributed by atoms with van der Waals surface area (Å²) in [7, 11) is 0. The van der Waals surface area contributed by atoms with Crippen LogP contribution in [0.5, 0.6) is 5.88 Å². The largest absolute Gasteiger partial charge is 0.475 e. The molecule has 0 aromatic carbocycles. The predicted molar refractivity (Wildman–Crippen MR) is 69.7 cm³/mol. The Bertz CT molecular complexity index is 461. The molecule has 0 bridgehead atoms. The quantitative estimate of drug-likeness (QED) is 0.719. The Kier molecular flexibility index (Phi) is 5.04. The van der Waals surface area contributed by atoms with Crippen LogP contribution in [-0.2, 0) is 4.74 Å². The second kappa shape index (κ2) is 7.03. The fourth-order valence-corrected chi connectivity index (χ4v) is 1.95. The Labute approximate surface area is 110 Å².